The van der Waals surface area contributed by atoms with E-state index in [2.05, 4.69) is 25.7 Å². The van der Waals surface area contributed by atoms with E-state index in [1.54, 1.807) is 34.6 Å². The summed E-state index contributed by atoms with van der Waals surface area (Å²) in [5.41, 5.74) is 2.49. The highest BCUT2D eigenvalue weighted by molar-refractivity contribution is 5.94. The molecule has 1 amide bonds. The summed E-state index contributed by atoms with van der Waals surface area (Å²) in [5.74, 6) is 2.20. The Hall–Kier alpha value is -3.95. The molecule has 4 aromatic rings. The van der Waals surface area contributed by atoms with Crippen LogP contribution in [0.5, 0.6) is 11.5 Å². The van der Waals surface area contributed by atoms with Gasteiger partial charge in [-0.25, -0.2) is 0 Å². The average Bonchev–Trinajstić information content (AvgIpc) is 3.39. The number of benzene rings is 1. The molecule has 1 atom stereocenters. The summed E-state index contributed by atoms with van der Waals surface area (Å²) >= 11 is 0. The van der Waals surface area contributed by atoms with Crippen LogP contribution in [0.25, 0.3) is 11.5 Å². The van der Waals surface area contributed by atoms with Gasteiger partial charge in [-0.2, -0.15) is 14.3 Å². The van der Waals surface area contributed by atoms with Crippen molar-refractivity contribution in [1.82, 2.24) is 29.6 Å². The first-order valence-corrected chi connectivity index (χ1v) is 9.54. The van der Waals surface area contributed by atoms with Crippen LogP contribution in [0.1, 0.15) is 30.4 Å². The highest BCUT2D eigenvalue weighted by Crippen LogP contribution is 2.40. The van der Waals surface area contributed by atoms with Gasteiger partial charge in [-0.05, 0) is 36.8 Å². The first kappa shape index (κ1) is 18.1. The Labute approximate surface area is 171 Å². The van der Waals surface area contributed by atoms with Crippen LogP contribution in [-0.2, 0) is 4.79 Å². The van der Waals surface area contributed by atoms with Gasteiger partial charge in [0.2, 0.25) is 5.91 Å². The molecule has 152 valence electrons. The van der Waals surface area contributed by atoms with Crippen LogP contribution in [0, 0.1) is 0 Å². The van der Waals surface area contributed by atoms with Crippen molar-refractivity contribution in [1.29, 1.82) is 0 Å². The number of nitrogens with zero attached hydrogens (tertiary/aromatic N) is 6. The molecule has 0 radical (unpaired) electrons. The Morgan fingerprint density at radius 1 is 1.23 bits per heavy atom. The van der Waals surface area contributed by atoms with E-state index in [9.17, 15) is 4.79 Å². The van der Waals surface area contributed by atoms with Crippen molar-refractivity contribution in [3.63, 3.8) is 0 Å². The van der Waals surface area contributed by atoms with Crippen LogP contribution >= 0.6 is 0 Å². The van der Waals surface area contributed by atoms with Gasteiger partial charge in [-0.1, -0.05) is 6.07 Å². The standard InChI is InChI=1S/C20H19N7O3/c1-3-30-15-5-4-12(8-16(15)29-2)13-9-19(28)23-20-14(13)10-22-27(20)18-7-6-17-24-21-11-26(17)25-18/h4-8,10-11,13H,3,9H2,1-2H3,(H,23,28). The predicted octanol–water partition coefficient (Wildman–Crippen LogP) is 2.19. The Kier molecular flexibility index (Phi) is 4.31. The molecule has 0 saturated heterocycles. The maximum atomic E-state index is 12.5. The lowest BCUT2D eigenvalue weighted by Gasteiger charge is -2.24. The molecule has 3 aromatic heterocycles. The molecule has 5 rings (SSSR count). The maximum absolute atomic E-state index is 12.5. The fraction of sp³-hybridized carbons (Fsp3) is 0.250. The summed E-state index contributed by atoms with van der Waals surface area (Å²) in [6.45, 7) is 2.47. The number of carbonyl (C=O) groups excluding carboxylic acids is 1. The van der Waals surface area contributed by atoms with Crippen molar-refractivity contribution in [3.8, 4) is 17.3 Å². The SMILES string of the molecule is CCOc1ccc(C2CC(=O)Nc3c2cnn3-c2ccc3nncn3n2)cc1OC. The molecule has 10 nitrogen and oxygen atoms in total. The number of methoxy groups -OCH3 is 1. The van der Waals surface area contributed by atoms with E-state index in [1.165, 1.54) is 6.33 Å². The lowest BCUT2D eigenvalue weighted by atomic mass is 9.87. The monoisotopic (exact) mass is 405 g/mol. The van der Waals surface area contributed by atoms with Crippen molar-refractivity contribution >= 4 is 17.4 Å². The Balaban J connectivity index is 1.57. The molecule has 0 bridgehead atoms. The molecule has 1 aromatic carbocycles. The third-order valence-electron chi connectivity index (χ3n) is 5.07. The average molecular weight is 405 g/mol. The van der Waals surface area contributed by atoms with Crippen LogP contribution in [-0.4, -0.2) is 49.2 Å². The van der Waals surface area contributed by atoms with Gasteiger partial charge in [0.05, 0.1) is 19.9 Å². The minimum atomic E-state index is -0.161. The van der Waals surface area contributed by atoms with Crippen molar-refractivity contribution < 1.29 is 14.3 Å². The zero-order chi connectivity index (χ0) is 20.7. The summed E-state index contributed by atoms with van der Waals surface area (Å²) in [7, 11) is 1.60. The highest BCUT2D eigenvalue weighted by atomic mass is 16.5. The fourth-order valence-electron chi connectivity index (χ4n) is 3.70. The smallest absolute Gasteiger partial charge is 0.226 e. The fourth-order valence-corrected chi connectivity index (χ4v) is 3.70. The Morgan fingerprint density at radius 3 is 2.97 bits per heavy atom. The molecule has 10 heteroatoms. The molecule has 0 fully saturated rings. The largest absolute Gasteiger partial charge is 0.493 e. The number of ether oxygens (including phenoxy) is 2. The lowest BCUT2D eigenvalue weighted by molar-refractivity contribution is -0.116. The zero-order valence-corrected chi connectivity index (χ0v) is 16.4. The number of amides is 1. The number of anilines is 1. The molecule has 1 N–H and O–H groups in total. The summed E-state index contributed by atoms with van der Waals surface area (Å²) in [4.78, 5) is 12.5. The van der Waals surface area contributed by atoms with Crippen molar-refractivity contribution in [2.45, 2.75) is 19.3 Å². The number of carbonyl (C=O) groups is 1. The Bertz CT molecular complexity index is 1250. The van der Waals surface area contributed by atoms with Crippen molar-refractivity contribution in [2.75, 3.05) is 19.0 Å². The molecule has 0 saturated carbocycles. The topological polar surface area (TPSA) is 108 Å². The molecule has 1 aliphatic rings. The summed E-state index contributed by atoms with van der Waals surface area (Å²) < 4.78 is 14.3. The second-order valence-corrected chi connectivity index (χ2v) is 6.83. The number of fused-ring (bicyclic) bond motifs is 2. The van der Waals surface area contributed by atoms with Crippen LogP contribution < -0.4 is 14.8 Å². The number of rotatable bonds is 5. The van der Waals surface area contributed by atoms with Crippen LogP contribution in [0.15, 0.2) is 42.9 Å². The summed E-state index contributed by atoms with van der Waals surface area (Å²) in [5, 5.41) is 19.7. The normalized spacial score (nSPS) is 15.7. The van der Waals surface area contributed by atoms with Gasteiger partial charge >= 0.3 is 0 Å². The van der Waals surface area contributed by atoms with Crippen LogP contribution in [0.4, 0.5) is 5.82 Å². The van der Waals surface area contributed by atoms with E-state index in [4.69, 9.17) is 9.47 Å². The number of aromatic nitrogens is 6. The summed E-state index contributed by atoms with van der Waals surface area (Å²) in [6, 6.07) is 9.32. The molecule has 30 heavy (non-hydrogen) atoms. The molecule has 1 unspecified atom stereocenters. The third kappa shape index (κ3) is 2.93. The molecular formula is C20H19N7O3. The number of hydrogen-bond acceptors (Lipinski definition) is 7. The second kappa shape index (κ2) is 7.14. The minimum absolute atomic E-state index is 0.0903. The van der Waals surface area contributed by atoms with Crippen LogP contribution in [0.2, 0.25) is 0 Å². The van der Waals surface area contributed by atoms with Gasteiger partial charge in [0.25, 0.3) is 0 Å². The van der Waals surface area contributed by atoms with E-state index in [0.29, 0.717) is 41.8 Å². The molecule has 4 heterocycles. The van der Waals surface area contributed by atoms with E-state index < -0.39 is 0 Å². The van der Waals surface area contributed by atoms with Gasteiger partial charge in [0.15, 0.2) is 23.0 Å². The Morgan fingerprint density at radius 2 is 2.13 bits per heavy atom. The van der Waals surface area contributed by atoms with E-state index in [-0.39, 0.29) is 11.8 Å². The first-order chi connectivity index (χ1) is 14.7. The van der Waals surface area contributed by atoms with E-state index in [0.717, 1.165) is 11.1 Å². The molecule has 0 spiro atoms. The molecule has 0 aliphatic carbocycles. The van der Waals surface area contributed by atoms with Crippen LogP contribution in [0.3, 0.4) is 0 Å². The van der Waals surface area contributed by atoms with Gasteiger partial charge in [0.1, 0.15) is 12.1 Å². The zero-order valence-electron chi connectivity index (χ0n) is 16.4. The first-order valence-electron chi connectivity index (χ1n) is 9.54. The summed E-state index contributed by atoms with van der Waals surface area (Å²) in [6.07, 6.45) is 3.59. The molecular weight excluding hydrogens is 386 g/mol. The van der Waals surface area contributed by atoms with Gasteiger partial charge in [-0.3, -0.25) is 4.79 Å². The molecule has 1 aliphatic heterocycles. The van der Waals surface area contributed by atoms with Gasteiger partial charge < -0.3 is 14.8 Å². The number of hydrogen-bond donors (Lipinski definition) is 1. The van der Waals surface area contributed by atoms with E-state index >= 15 is 0 Å². The third-order valence-corrected chi connectivity index (χ3v) is 5.07. The minimum Gasteiger partial charge on any atom is -0.493 e. The maximum Gasteiger partial charge on any atom is 0.226 e. The van der Waals surface area contributed by atoms with Gasteiger partial charge in [-0.15, -0.1) is 15.3 Å². The van der Waals surface area contributed by atoms with Crippen molar-refractivity contribution in [3.05, 3.63) is 54.0 Å². The second-order valence-electron chi connectivity index (χ2n) is 6.83. The van der Waals surface area contributed by atoms with Gasteiger partial charge in [0, 0.05) is 17.9 Å². The van der Waals surface area contributed by atoms with E-state index in [1.807, 2.05) is 25.1 Å². The predicted molar refractivity (Wildman–Crippen MR) is 107 cm³/mol. The van der Waals surface area contributed by atoms with Crippen molar-refractivity contribution in [2.24, 2.45) is 0 Å². The number of nitrogens with one attached hydrogen (secondary N) is 1. The lowest BCUT2D eigenvalue weighted by Crippen LogP contribution is -2.25. The quantitative estimate of drug-likeness (QED) is 0.542. The highest BCUT2D eigenvalue weighted by Gasteiger charge is 2.31.